The molecule has 2 rings (SSSR count). The van der Waals surface area contributed by atoms with E-state index in [1.54, 1.807) is 11.3 Å². The number of likely N-dealkylation sites (tertiary alicyclic amines) is 1. The molecule has 0 spiro atoms. The number of nitrogens with zero attached hydrogens (tertiary/aromatic N) is 1. The molecule has 1 fully saturated rings. The highest BCUT2D eigenvalue weighted by Crippen LogP contribution is 2.24. The zero-order chi connectivity index (χ0) is 10.7. The predicted octanol–water partition coefficient (Wildman–Crippen LogP) is 4.15. The standard InChI is InChI=1S/C11H15BrClNS/c12-9-2-1-6-14(7-5-9)8-10-3-4-11(13)15-10/h3-4,9H,1-2,5-8H2. The Morgan fingerprint density at radius 1 is 1.40 bits per heavy atom. The highest BCUT2D eigenvalue weighted by molar-refractivity contribution is 9.09. The molecule has 2 heterocycles. The van der Waals surface area contributed by atoms with Crippen LogP contribution in [0, 0.1) is 0 Å². The first kappa shape index (κ1) is 11.9. The van der Waals surface area contributed by atoms with E-state index in [0.29, 0.717) is 0 Å². The number of alkyl halides is 1. The van der Waals surface area contributed by atoms with Crippen molar-refractivity contribution in [3.05, 3.63) is 21.3 Å². The van der Waals surface area contributed by atoms with Gasteiger partial charge in [-0.3, -0.25) is 4.90 Å². The third kappa shape index (κ3) is 3.74. The molecule has 1 unspecified atom stereocenters. The average Bonchev–Trinajstić information content (AvgIpc) is 2.48. The van der Waals surface area contributed by atoms with Gasteiger partial charge in [-0.15, -0.1) is 11.3 Å². The topological polar surface area (TPSA) is 3.24 Å². The van der Waals surface area contributed by atoms with Crippen LogP contribution in [0.5, 0.6) is 0 Å². The number of hydrogen-bond donors (Lipinski definition) is 0. The molecule has 4 heteroatoms. The molecule has 0 saturated carbocycles. The molecule has 1 nitrogen and oxygen atoms in total. The van der Waals surface area contributed by atoms with Gasteiger partial charge in [0.2, 0.25) is 0 Å². The Bertz CT molecular complexity index is 315. The van der Waals surface area contributed by atoms with Crippen molar-refractivity contribution in [2.45, 2.75) is 30.6 Å². The third-order valence-corrected chi connectivity index (χ3v) is 4.89. The maximum absolute atomic E-state index is 5.93. The summed E-state index contributed by atoms with van der Waals surface area (Å²) in [5.74, 6) is 0. The molecule has 1 aromatic heterocycles. The summed E-state index contributed by atoms with van der Waals surface area (Å²) in [7, 11) is 0. The Labute approximate surface area is 109 Å². The van der Waals surface area contributed by atoms with Crippen LogP contribution in [0.25, 0.3) is 0 Å². The van der Waals surface area contributed by atoms with Crippen LogP contribution in [0.1, 0.15) is 24.1 Å². The van der Waals surface area contributed by atoms with Gasteiger partial charge in [-0.1, -0.05) is 27.5 Å². The van der Waals surface area contributed by atoms with Crippen LogP contribution in [-0.2, 0) is 6.54 Å². The number of thiophene rings is 1. The lowest BCUT2D eigenvalue weighted by Crippen LogP contribution is -2.23. The fourth-order valence-corrected chi connectivity index (χ4v) is 3.59. The molecule has 0 amide bonds. The number of hydrogen-bond acceptors (Lipinski definition) is 2. The average molecular weight is 309 g/mol. The van der Waals surface area contributed by atoms with Crippen LogP contribution in [-0.4, -0.2) is 22.8 Å². The Balaban J connectivity index is 1.88. The first-order valence-electron chi connectivity index (χ1n) is 5.34. The zero-order valence-electron chi connectivity index (χ0n) is 8.59. The molecule has 1 atom stereocenters. The van der Waals surface area contributed by atoms with Gasteiger partial charge in [-0.25, -0.2) is 0 Å². The summed E-state index contributed by atoms with van der Waals surface area (Å²) in [6, 6.07) is 4.14. The van der Waals surface area contributed by atoms with Crippen molar-refractivity contribution in [3.8, 4) is 0 Å². The Morgan fingerprint density at radius 2 is 2.27 bits per heavy atom. The van der Waals surface area contributed by atoms with Crippen molar-refractivity contribution < 1.29 is 0 Å². The van der Waals surface area contributed by atoms with Crippen LogP contribution in [0.3, 0.4) is 0 Å². The van der Waals surface area contributed by atoms with Gasteiger partial charge in [0, 0.05) is 16.2 Å². The van der Waals surface area contributed by atoms with Gasteiger partial charge < -0.3 is 0 Å². The van der Waals surface area contributed by atoms with Gasteiger partial charge >= 0.3 is 0 Å². The number of rotatable bonds is 2. The molecule has 1 aromatic rings. The van der Waals surface area contributed by atoms with Gasteiger partial charge in [0.15, 0.2) is 0 Å². The van der Waals surface area contributed by atoms with Crippen LogP contribution >= 0.6 is 38.9 Å². The predicted molar refractivity (Wildman–Crippen MR) is 71.2 cm³/mol. The zero-order valence-corrected chi connectivity index (χ0v) is 11.7. The highest BCUT2D eigenvalue weighted by atomic mass is 79.9. The molecule has 15 heavy (non-hydrogen) atoms. The molecule has 84 valence electrons. The molecule has 0 N–H and O–H groups in total. The second-order valence-corrected chi connectivity index (χ2v) is 7.10. The van der Waals surface area contributed by atoms with Gasteiger partial charge in [0.05, 0.1) is 4.34 Å². The molecule has 0 aliphatic carbocycles. The lowest BCUT2D eigenvalue weighted by Gasteiger charge is -2.18. The van der Waals surface area contributed by atoms with Crippen LogP contribution < -0.4 is 0 Å². The third-order valence-electron chi connectivity index (χ3n) is 2.76. The minimum absolute atomic E-state index is 0.717. The van der Waals surface area contributed by atoms with Crippen LogP contribution in [0.2, 0.25) is 4.34 Å². The lowest BCUT2D eigenvalue weighted by molar-refractivity contribution is 0.280. The van der Waals surface area contributed by atoms with E-state index in [9.17, 15) is 0 Å². The molecular formula is C11H15BrClNS. The first-order chi connectivity index (χ1) is 7.24. The van der Waals surface area contributed by atoms with Crippen molar-refractivity contribution in [1.29, 1.82) is 0 Å². The largest absolute Gasteiger partial charge is 0.298 e. The quantitative estimate of drug-likeness (QED) is 0.742. The SMILES string of the molecule is Clc1ccc(CN2CCCC(Br)CC2)s1. The van der Waals surface area contributed by atoms with Crippen LogP contribution in [0.4, 0.5) is 0 Å². The monoisotopic (exact) mass is 307 g/mol. The van der Waals surface area contributed by atoms with Gasteiger partial charge in [-0.05, 0) is 44.5 Å². The van der Waals surface area contributed by atoms with E-state index < -0.39 is 0 Å². The normalized spacial score (nSPS) is 24.0. The van der Waals surface area contributed by atoms with E-state index in [1.165, 1.54) is 37.2 Å². The van der Waals surface area contributed by atoms with E-state index >= 15 is 0 Å². The molecule has 0 aromatic carbocycles. The molecule has 0 bridgehead atoms. The summed E-state index contributed by atoms with van der Waals surface area (Å²) in [4.78, 5) is 4.63. The Morgan fingerprint density at radius 3 is 3.00 bits per heavy atom. The van der Waals surface area contributed by atoms with Crippen molar-refractivity contribution in [2.75, 3.05) is 13.1 Å². The molecule has 0 radical (unpaired) electrons. The van der Waals surface area contributed by atoms with Crippen LogP contribution in [0.15, 0.2) is 12.1 Å². The minimum atomic E-state index is 0.717. The smallest absolute Gasteiger partial charge is 0.0931 e. The summed E-state index contributed by atoms with van der Waals surface area (Å²) in [5.41, 5.74) is 0. The van der Waals surface area contributed by atoms with Gasteiger partial charge in [0.1, 0.15) is 0 Å². The summed E-state index contributed by atoms with van der Waals surface area (Å²) in [5, 5.41) is 0. The molecule has 1 aliphatic rings. The summed E-state index contributed by atoms with van der Waals surface area (Å²) >= 11 is 11.3. The Hall–Kier alpha value is 0.430. The summed E-state index contributed by atoms with van der Waals surface area (Å²) < 4.78 is 0.901. The number of halogens is 2. The fourth-order valence-electron chi connectivity index (χ4n) is 1.93. The maximum atomic E-state index is 5.93. The van der Waals surface area contributed by atoms with Gasteiger partial charge in [0.25, 0.3) is 0 Å². The molecular weight excluding hydrogens is 294 g/mol. The van der Waals surface area contributed by atoms with E-state index in [4.69, 9.17) is 11.6 Å². The summed E-state index contributed by atoms with van der Waals surface area (Å²) in [6.07, 6.45) is 3.87. The van der Waals surface area contributed by atoms with E-state index in [2.05, 4.69) is 26.9 Å². The van der Waals surface area contributed by atoms with Crippen molar-refractivity contribution in [3.63, 3.8) is 0 Å². The second-order valence-electron chi connectivity index (χ2n) is 4.01. The van der Waals surface area contributed by atoms with E-state index in [0.717, 1.165) is 15.7 Å². The first-order valence-corrected chi connectivity index (χ1v) is 7.46. The van der Waals surface area contributed by atoms with E-state index in [-0.39, 0.29) is 0 Å². The van der Waals surface area contributed by atoms with Crippen molar-refractivity contribution in [2.24, 2.45) is 0 Å². The fraction of sp³-hybridized carbons (Fsp3) is 0.636. The van der Waals surface area contributed by atoms with E-state index in [1.807, 2.05) is 6.07 Å². The van der Waals surface area contributed by atoms with Crippen molar-refractivity contribution >= 4 is 38.9 Å². The summed E-state index contributed by atoms with van der Waals surface area (Å²) in [6.45, 7) is 3.49. The lowest BCUT2D eigenvalue weighted by atomic mass is 10.2. The van der Waals surface area contributed by atoms with Gasteiger partial charge in [-0.2, -0.15) is 0 Å². The molecule has 1 aliphatic heterocycles. The highest BCUT2D eigenvalue weighted by Gasteiger charge is 2.15. The minimum Gasteiger partial charge on any atom is -0.298 e. The van der Waals surface area contributed by atoms with Crippen molar-refractivity contribution in [1.82, 2.24) is 4.90 Å². The second kappa shape index (κ2) is 5.67. The maximum Gasteiger partial charge on any atom is 0.0931 e. The Kier molecular flexibility index (Phi) is 4.50. The molecule has 1 saturated heterocycles.